The van der Waals surface area contributed by atoms with Crippen molar-refractivity contribution in [3.05, 3.63) is 60.0 Å². The number of aromatic nitrogens is 2. The van der Waals surface area contributed by atoms with E-state index in [9.17, 15) is 0 Å². The van der Waals surface area contributed by atoms with Crippen LogP contribution in [0.1, 0.15) is 24.3 Å². The van der Waals surface area contributed by atoms with Gasteiger partial charge >= 0.3 is 0 Å². The van der Waals surface area contributed by atoms with Crippen LogP contribution in [0.4, 0.5) is 5.69 Å². The van der Waals surface area contributed by atoms with E-state index in [4.69, 9.17) is 9.26 Å². The molecule has 0 N–H and O–H groups in total. The van der Waals surface area contributed by atoms with Gasteiger partial charge in [-0.25, -0.2) is 0 Å². The van der Waals surface area contributed by atoms with Crippen LogP contribution in [0.3, 0.4) is 0 Å². The first-order valence-electron chi connectivity index (χ1n) is 8.05. The Balaban J connectivity index is 1.54. The summed E-state index contributed by atoms with van der Waals surface area (Å²) in [4.78, 5) is 6.83. The van der Waals surface area contributed by atoms with Crippen LogP contribution in [-0.4, -0.2) is 23.8 Å². The van der Waals surface area contributed by atoms with Gasteiger partial charge in [0.05, 0.1) is 13.7 Å². The SMILES string of the molecule is COc1ccc(-c2noc(CN3CC(C)c4ccccc43)n2)cc1. The van der Waals surface area contributed by atoms with Gasteiger partial charge in [-0.05, 0) is 35.9 Å². The second-order valence-corrected chi connectivity index (χ2v) is 6.08. The number of nitrogens with zero attached hydrogens (tertiary/aromatic N) is 3. The molecule has 0 saturated heterocycles. The molecule has 4 rings (SSSR count). The molecule has 0 bridgehead atoms. The van der Waals surface area contributed by atoms with E-state index in [-0.39, 0.29) is 0 Å². The van der Waals surface area contributed by atoms with Crippen LogP contribution in [0.25, 0.3) is 11.4 Å². The molecule has 1 aliphatic heterocycles. The zero-order valence-corrected chi connectivity index (χ0v) is 13.8. The molecule has 0 spiro atoms. The molecule has 5 heteroatoms. The van der Waals surface area contributed by atoms with Crippen molar-refractivity contribution in [3.63, 3.8) is 0 Å². The van der Waals surface area contributed by atoms with Crippen molar-refractivity contribution in [3.8, 4) is 17.1 Å². The van der Waals surface area contributed by atoms with E-state index in [1.165, 1.54) is 11.3 Å². The molecule has 0 aliphatic carbocycles. The molecule has 0 amide bonds. The summed E-state index contributed by atoms with van der Waals surface area (Å²) in [5.41, 5.74) is 3.56. The molecule has 24 heavy (non-hydrogen) atoms. The van der Waals surface area contributed by atoms with Crippen molar-refractivity contribution in [2.45, 2.75) is 19.4 Å². The number of benzene rings is 2. The summed E-state index contributed by atoms with van der Waals surface area (Å²) in [6.07, 6.45) is 0. The Kier molecular flexibility index (Phi) is 3.69. The lowest BCUT2D eigenvalue weighted by molar-refractivity contribution is 0.377. The first-order chi connectivity index (χ1) is 11.7. The number of rotatable bonds is 4. The minimum absolute atomic E-state index is 0.519. The van der Waals surface area contributed by atoms with Crippen molar-refractivity contribution in [2.75, 3.05) is 18.6 Å². The minimum Gasteiger partial charge on any atom is -0.497 e. The van der Waals surface area contributed by atoms with Gasteiger partial charge in [0, 0.05) is 23.7 Å². The van der Waals surface area contributed by atoms with Gasteiger partial charge < -0.3 is 14.2 Å². The smallest absolute Gasteiger partial charge is 0.246 e. The highest BCUT2D eigenvalue weighted by Crippen LogP contribution is 2.36. The normalized spacial score (nSPS) is 16.2. The lowest BCUT2D eigenvalue weighted by Crippen LogP contribution is -2.20. The van der Waals surface area contributed by atoms with Crippen LogP contribution in [0.15, 0.2) is 53.1 Å². The molecular weight excluding hydrogens is 302 g/mol. The summed E-state index contributed by atoms with van der Waals surface area (Å²) in [5, 5.41) is 4.11. The summed E-state index contributed by atoms with van der Waals surface area (Å²) in [6.45, 7) is 3.85. The van der Waals surface area contributed by atoms with Gasteiger partial charge in [0.2, 0.25) is 11.7 Å². The number of methoxy groups -OCH3 is 1. The van der Waals surface area contributed by atoms with Gasteiger partial charge in [0.25, 0.3) is 0 Å². The summed E-state index contributed by atoms with van der Waals surface area (Å²) < 4.78 is 10.6. The first-order valence-corrected chi connectivity index (χ1v) is 8.05. The molecule has 0 saturated carbocycles. The highest BCUT2D eigenvalue weighted by atomic mass is 16.5. The zero-order valence-electron chi connectivity index (χ0n) is 13.8. The first kappa shape index (κ1) is 14.8. The van der Waals surface area contributed by atoms with Crippen LogP contribution in [0.2, 0.25) is 0 Å². The quantitative estimate of drug-likeness (QED) is 0.730. The van der Waals surface area contributed by atoms with Gasteiger partial charge in [0.15, 0.2) is 0 Å². The van der Waals surface area contributed by atoms with E-state index in [0.29, 0.717) is 24.2 Å². The maximum absolute atomic E-state index is 5.45. The van der Waals surface area contributed by atoms with Gasteiger partial charge in [-0.2, -0.15) is 4.98 Å². The number of ether oxygens (including phenoxy) is 1. The lowest BCUT2D eigenvalue weighted by Gasteiger charge is -2.16. The third-order valence-corrected chi connectivity index (χ3v) is 4.45. The van der Waals surface area contributed by atoms with Crippen molar-refractivity contribution < 1.29 is 9.26 Å². The van der Waals surface area contributed by atoms with E-state index in [1.807, 2.05) is 24.3 Å². The molecule has 1 atom stereocenters. The largest absolute Gasteiger partial charge is 0.497 e. The molecule has 0 fully saturated rings. The van der Waals surface area contributed by atoms with E-state index >= 15 is 0 Å². The van der Waals surface area contributed by atoms with Gasteiger partial charge in [0.1, 0.15) is 5.75 Å². The van der Waals surface area contributed by atoms with Crippen LogP contribution in [-0.2, 0) is 6.54 Å². The monoisotopic (exact) mass is 321 g/mol. The predicted molar refractivity (Wildman–Crippen MR) is 92.2 cm³/mol. The molecule has 2 aromatic carbocycles. The van der Waals surface area contributed by atoms with Gasteiger partial charge in [-0.1, -0.05) is 30.3 Å². The fourth-order valence-corrected chi connectivity index (χ4v) is 3.21. The minimum atomic E-state index is 0.519. The molecule has 1 aliphatic rings. The fourth-order valence-electron chi connectivity index (χ4n) is 3.21. The third-order valence-electron chi connectivity index (χ3n) is 4.45. The Labute approximate surface area is 140 Å². The van der Waals surface area contributed by atoms with Crippen LogP contribution < -0.4 is 9.64 Å². The second kappa shape index (κ2) is 6.00. The summed E-state index contributed by atoms with van der Waals surface area (Å²) >= 11 is 0. The van der Waals surface area contributed by atoms with Crippen LogP contribution in [0.5, 0.6) is 5.75 Å². The molecule has 122 valence electrons. The fraction of sp³-hybridized carbons (Fsp3) is 0.263. The maximum Gasteiger partial charge on any atom is 0.246 e. The second-order valence-electron chi connectivity index (χ2n) is 6.08. The molecule has 0 radical (unpaired) electrons. The molecule has 1 unspecified atom stereocenters. The van der Waals surface area contributed by atoms with E-state index in [0.717, 1.165) is 17.9 Å². The molecule has 5 nitrogen and oxygen atoms in total. The van der Waals surface area contributed by atoms with Gasteiger partial charge in [-0.3, -0.25) is 0 Å². The average molecular weight is 321 g/mol. The van der Waals surface area contributed by atoms with Crippen LogP contribution in [0, 0.1) is 0 Å². The zero-order chi connectivity index (χ0) is 16.5. The predicted octanol–water partition coefficient (Wildman–Crippen LogP) is 3.87. The Morgan fingerprint density at radius 1 is 1.17 bits per heavy atom. The lowest BCUT2D eigenvalue weighted by atomic mass is 10.0. The number of hydrogen-bond acceptors (Lipinski definition) is 5. The Morgan fingerprint density at radius 3 is 2.75 bits per heavy atom. The van der Waals surface area contributed by atoms with E-state index in [1.54, 1.807) is 7.11 Å². The highest BCUT2D eigenvalue weighted by molar-refractivity contribution is 5.60. The van der Waals surface area contributed by atoms with E-state index in [2.05, 4.69) is 46.2 Å². The number of anilines is 1. The molecule has 1 aromatic heterocycles. The molecule has 3 aromatic rings. The van der Waals surface area contributed by atoms with Crippen molar-refractivity contribution in [1.82, 2.24) is 10.1 Å². The van der Waals surface area contributed by atoms with Crippen LogP contribution >= 0.6 is 0 Å². The van der Waals surface area contributed by atoms with E-state index < -0.39 is 0 Å². The maximum atomic E-state index is 5.45. The number of fused-ring (bicyclic) bond motifs is 1. The Hall–Kier alpha value is -2.82. The Morgan fingerprint density at radius 2 is 1.96 bits per heavy atom. The summed E-state index contributed by atoms with van der Waals surface area (Å²) in [6, 6.07) is 16.2. The van der Waals surface area contributed by atoms with Crippen molar-refractivity contribution >= 4 is 5.69 Å². The molecule has 2 heterocycles. The van der Waals surface area contributed by atoms with Crippen molar-refractivity contribution in [2.24, 2.45) is 0 Å². The third kappa shape index (κ3) is 2.62. The summed E-state index contributed by atoms with van der Waals surface area (Å²) in [7, 11) is 1.65. The standard InChI is InChI=1S/C19H19N3O2/c1-13-11-22(17-6-4-3-5-16(13)17)12-18-20-19(21-24-18)14-7-9-15(23-2)10-8-14/h3-10,13H,11-12H2,1-2H3. The van der Waals surface area contributed by atoms with Crippen molar-refractivity contribution in [1.29, 1.82) is 0 Å². The summed E-state index contributed by atoms with van der Waals surface area (Å²) in [5.74, 6) is 2.56. The molecular formula is C19H19N3O2. The van der Waals surface area contributed by atoms with Gasteiger partial charge in [-0.15, -0.1) is 0 Å². The number of para-hydroxylation sites is 1. The highest BCUT2D eigenvalue weighted by Gasteiger charge is 2.26. The topological polar surface area (TPSA) is 51.4 Å². The Bertz CT molecular complexity index is 842. The number of hydrogen-bond donors (Lipinski definition) is 0. The average Bonchev–Trinajstić information content (AvgIpc) is 3.21.